The zero-order chi connectivity index (χ0) is 11.3. The summed E-state index contributed by atoms with van der Waals surface area (Å²) in [5, 5.41) is 11.4. The van der Waals surface area contributed by atoms with Gasteiger partial charge in [0.05, 0.1) is 5.97 Å². The lowest BCUT2D eigenvalue weighted by Crippen LogP contribution is -2.23. The van der Waals surface area contributed by atoms with Crippen LogP contribution in [0.25, 0.3) is 0 Å². The lowest BCUT2D eigenvalue weighted by molar-refractivity contribution is -0.298. The molecule has 0 amide bonds. The molecule has 0 aromatic heterocycles. The number of aliphatic carboxylic acids is 1. The van der Waals surface area contributed by atoms with Crippen molar-refractivity contribution in [2.45, 2.75) is 18.2 Å². The molecule has 80 valence electrons. The van der Waals surface area contributed by atoms with Crippen LogP contribution in [-0.2, 0) is 4.79 Å². The van der Waals surface area contributed by atoms with E-state index < -0.39 is 5.97 Å². The van der Waals surface area contributed by atoms with Crippen LogP contribution in [0.4, 0.5) is 0 Å². The molecule has 1 aromatic carbocycles. The van der Waals surface area contributed by atoms with Crippen LogP contribution in [0, 0.1) is 0 Å². The molecule has 0 atom stereocenters. The third-order valence-corrected chi connectivity index (χ3v) is 2.95. The molecule has 15 heavy (non-hydrogen) atoms. The summed E-state index contributed by atoms with van der Waals surface area (Å²) in [6.07, 6.45) is 2.30. The number of carboxylic acid groups (broad SMARTS) is 1. The maximum Gasteiger partial charge on any atom is 0.0779 e. The minimum atomic E-state index is -1.14. The van der Waals surface area contributed by atoms with E-state index in [1.54, 1.807) is 30.3 Å². The molecule has 2 nitrogen and oxygen atoms in total. The Morgan fingerprint density at radius 3 is 2.53 bits per heavy atom. The molecule has 0 saturated carbocycles. The van der Waals surface area contributed by atoms with Crippen molar-refractivity contribution in [3.63, 3.8) is 0 Å². The maximum atomic E-state index is 10.7. The highest BCUT2D eigenvalue weighted by Gasteiger charge is 2.01. The third-order valence-electron chi connectivity index (χ3n) is 1.63. The van der Waals surface area contributed by atoms with Crippen molar-refractivity contribution in [2.75, 3.05) is 0 Å². The van der Waals surface area contributed by atoms with Crippen LogP contribution in [0.1, 0.15) is 13.3 Å². The van der Waals surface area contributed by atoms with Gasteiger partial charge in [-0.25, -0.2) is 0 Å². The highest BCUT2D eigenvalue weighted by Crippen LogP contribution is 2.27. The first-order valence-corrected chi connectivity index (χ1v) is 5.68. The number of carboxylic acids is 1. The van der Waals surface area contributed by atoms with Crippen molar-refractivity contribution in [1.82, 2.24) is 0 Å². The number of thioether (sulfide) groups is 1. The summed E-state index contributed by atoms with van der Waals surface area (Å²) in [5.74, 6) is -1.14. The van der Waals surface area contributed by atoms with Crippen molar-refractivity contribution in [2.24, 2.45) is 0 Å². The number of carbonyl (C=O) groups is 1. The lowest BCUT2D eigenvalue weighted by Gasteiger charge is -2.07. The van der Waals surface area contributed by atoms with Gasteiger partial charge in [-0.2, -0.15) is 0 Å². The van der Waals surface area contributed by atoms with Crippen molar-refractivity contribution in [3.05, 3.63) is 40.3 Å². The minimum absolute atomic E-state index is 0.236. The number of halogens is 1. The first-order valence-electron chi connectivity index (χ1n) is 4.48. The monoisotopic (exact) mass is 241 g/mol. The molecule has 0 fully saturated rings. The van der Waals surface area contributed by atoms with E-state index in [4.69, 9.17) is 11.6 Å². The molecule has 0 aliphatic heterocycles. The lowest BCUT2D eigenvalue weighted by atomic mass is 10.4. The van der Waals surface area contributed by atoms with E-state index in [1.807, 2.05) is 6.92 Å². The summed E-state index contributed by atoms with van der Waals surface area (Å²) < 4.78 is 0. The zero-order valence-corrected chi connectivity index (χ0v) is 9.77. The molecule has 0 aliphatic carbocycles. The van der Waals surface area contributed by atoms with Gasteiger partial charge in [0.25, 0.3) is 0 Å². The van der Waals surface area contributed by atoms with Crippen LogP contribution < -0.4 is 5.11 Å². The smallest absolute Gasteiger partial charge is 0.0779 e. The van der Waals surface area contributed by atoms with Crippen molar-refractivity contribution in [1.29, 1.82) is 0 Å². The standard InChI is InChI=1S/C11H11ClO2S/c1-2-3-10(11(13)14)15-9-6-4-8(12)5-7-9/h3-7H,2H2,1H3,(H,13,14)/p-1/b10-3+. The Balaban J connectivity index is 2.79. The number of hydrogen-bond acceptors (Lipinski definition) is 3. The van der Waals surface area contributed by atoms with E-state index in [-0.39, 0.29) is 4.91 Å². The average Bonchev–Trinajstić information content (AvgIpc) is 2.20. The number of hydrogen-bond donors (Lipinski definition) is 0. The number of benzene rings is 1. The van der Waals surface area contributed by atoms with Gasteiger partial charge in [-0.1, -0.05) is 36.4 Å². The molecule has 0 N–H and O–H groups in total. The molecule has 1 rings (SSSR count). The van der Waals surface area contributed by atoms with Crippen molar-refractivity contribution < 1.29 is 9.90 Å². The van der Waals surface area contributed by atoms with E-state index in [0.29, 0.717) is 11.4 Å². The number of allylic oxidation sites excluding steroid dienone is 1. The second-order valence-electron chi connectivity index (χ2n) is 2.82. The minimum Gasteiger partial charge on any atom is -0.544 e. The molecule has 4 heteroatoms. The Morgan fingerprint density at radius 2 is 2.07 bits per heavy atom. The summed E-state index contributed by atoms with van der Waals surface area (Å²) in [5.41, 5.74) is 0. The first kappa shape index (κ1) is 12.1. The number of rotatable bonds is 4. The van der Waals surface area contributed by atoms with Crippen LogP contribution in [-0.4, -0.2) is 5.97 Å². The van der Waals surface area contributed by atoms with Gasteiger partial charge in [-0.05, 0) is 30.7 Å². The fraction of sp³-hybridized carbons (Fsp3) is 0.182. The van der Waals surface area contributed by atoms with Gasteiger partial charge in [-0.15, -0.1) is 0 Å². The topological polar surface area (TPSA) is 40.1 Å². The van der Waals surface area contributed by atoms with E-state index in [2.05, 4.69) is 0 Å². The Kier molecular flexibility index (Phi) is 4.72. The van der Waals surface area contributed by atoms with Crippen LogP contribution in [0.15, 0.2) is 40.1 Å². The molecule has 0 saturated heterocycles. The predicted octanol–water partition coefficient (Wildman–Crippen LogP) is 2.48. The molecule has 0 heterocycles. The second kappa shape index (κ2) is 5.83. The quantitative estimate of drug-likeness (QED) is 0.601. The van der Waals surface area contributed by atoms with E-state index in [9.17, 15) is 9.90 Å². The van der Waals surface area contributed by atoms with Crippen LogP contribution >= 0.6 is 23.4 Å². The molecule has 0 spiro atoms. The van der Waals surface area contributed by atoms with E-state index in [1.165, 1.54) is 11.8 Å². The first-order chi connectivity index (χ1) is 7.13. The molecule has 1 aromatic rings. The SMILES string of the molecule is CC/C=C(/Sc1ccc(Cl)cc1)C(=O)[O-]. The zero-order valence-electron chi connectivity index (χ0n) is 8.20. The van der Waals surface area contributed by atoms with Gasteiger partial charge in [-0.3, -0.25) is 0 Å². The average molecular weight is 242 g/mol. The summed E-state index contributed by atoms with van der Waals surface area (Å²) in [4.78, 5) is 11.8. The van der Waals surface area contributed by atoms with Gasteiger partial charge in [0.1, 0.15) is 0 Å². The molecule has 0 bridgehead atoms. The summed E-state index contributed by atoms with van der Waals surface area (Å²) in [7, 11) is 0. The molecular formula is C11H10ClO2S-. The van der Waals surface area contributed by atoms with Gasteiger partial charge in [0, 0.05) is 14.8 Å². The molecule has 0 aliphatic rings. The summed E-state index contributed by atoms with van der Waals surface area (Å²) in [6.45, 7) is 1.88. The highest BCUT2D eigenvalue weighted by molar-refractivity contribution is 8.04. The normalized spacial score (nSPS) is 11.5. The fourth-order valence-electron chi connectivity index (χ4n) is 0.982. The second-order valence-corrected chi connectivity index (χ2v) is 4.37. The van der Waals surface area contributed by atoms with Gasteiger partial charge >= 0.3 is 0 Å². The summed E-state index contributed by atoms with van der Waals surface area (Å²) in [6, 6.07) is 7.00. The predicted molar refractivity (Wildman–Crippen MR) is 60.7 cm³/mol. The largest absolute Gasteiger partial charge is 0.544 e. The number of carbonyl (C=O) groups excluding carboxylic acids is 1. The Bertz CT molecular complexity index is 371. The van der Waals surface area contributed by atoms with Crippen LogP contribution in [0.5, 0.6) is 0 Å². The fourth-order valence-corrected chi connectivity index (χ4v) is 1.97. The van der Waals surface area contributed by atoms with E-state index in [0.717, 1.165) is 4.90 Å². The molecule has 0 radical (unpaired) electrons. The highest BCUT2D eigenvalue weighted by atomic mass is 35.5. The van der Waals surface area contributed by atoms with Crippen molar-refractivity contribution >= 4 is 29.3 Å². The Labute approximate surface area is 97.9 Å². The van der Waals surface area contributed by atoms with E-state index >= 15 is 0 Å². The van der Waals surface area contributed by atoms with Crippen molar-refractivity contribution in [3.8, 4) is 0 Å². The van der Waals surface area contributed by atoms with Crippen LogP contribution in [0.3, 0.4) is 0 Å². The van der Waals surface area contributed by atoms with Gasteiger partial charge in [0.2, 0.25) is 0 Å². The third kappa shape index (κ3) is 3.98. The Hall–Kier alpha value is -0.930. The Morgan fingerprint density at radius 1 is 1.47 bits per heavy atom. The van der Waals surface area contributed by atoms with Gasteiger partial charge < -0.3 is 9.90 Å². The van der Waals surface area contributed by atoms with Gasteiger partial charge in [0.15, 0.2) is 0 Å². The maximum absolute atomic E-state index is 10.7. The summed E-state index contributed by atoms with van der Waals surface area (Å²) >= 11 is 6.89. The molecule has 0 unspecified atom stereocenters. The molecular weight excluding hydrogens is 232 g/mol. The van der Waals surface area contributed by atoms with Crippen LogP contribution in [0.2, 0.25) is 5.02 Å².